The predicted octanol–water partition coefficient (Wildman–Crippen LogP) is 8.30. The van der Waals surface area contributed by atoms with Crippen molar-refractivity contribution < 1.29 is 14.5 Å². The van der Waals surface area contributed by atoms with E-state index in [1.54, 1.807) is 42.5 Å². The molecule has 5 rings (SSSR count). The van der Waals surface area contributed by atoms with Crippen LogP contribution in [0.15, 0.2) is 146 Å². The molecule has 6 nitrogen and oxygen atoms in total. The van der Waals surface area contributed by atoms with Crippen LogP contribution in [0.25, 0.3) is 0 Å². The fourth-order valence-corrected chi connectivity index (χ4v) is 5.42. The molecule has 0 bridgehead atoms. The van der Waals surface area contributed by atoms with Crippen molar-refractivity contribution in [2.45, 2.75) is 18.4 Å². The Hall–Kier alpha value is -5.36. The molecule has 5 aromatic carbocycles. The van der Waals surface area contributed by atoms with E-state index in [4.69, 9.17) is 0 Å². The van der Waals surface area contributed by atoms with Gasteiger partial charge in [-0.2, -0.15) is 0 Å². The summed E-state index contributed by atoms with van der Waals surface area (Å²) in [6.07, 6.45) is 0.0686. The number of nitrogens with one attached hydrogen (secondary N) is 1. The first-order chi connectivity index (χ1) is 20.5. The van der Waals surface area contributed by atoms with Gasteiger partial charge in [0.1, 0.15) is 5.69 Å². The standard InChI is InChI=1S/C36H30N2O4/c39-33(27-17-7-2-8-18-27)25-30(26-15-5-1-6-16-26)34(36(40)29-21-11-4-12-22-29)35(28-19-9-3-10-20-28)37-31-23-13-14-24-32(31)38(41)42/h1-24,30,34-35,37H,25H2/t30-,34+,35+/m0/s1. The summed E-state index contributed by atoms with van der Waals surface area (Å²) >= 11 is 0. The van der Waals surface area contributed by atoms with E-state index in [0.29, 0.717) is 16.8 Å². The zero-order valence-electron chi connectivity index (χ0n) is 22.9. The smallest absolute Gasteiger partial charge is 0.292 e. The third-order valence-corrected chi connectivity index (χ3v) is 7.45. The van der Waals surface area contributed by atoms with Gasteiger partial charge in [-0.25, -0.2) is 0 Å². The van der Waals surface area contributed by atoms with Gasteiger partial charge in [0.05, 0.1) is 16.9 Å². The first kappa shape index (κ1) is 28.2. The number of ketones is 2. The molecule has 3 atom stereocenters. The van der Waals surface area contributed by atoms with Crippen molar-refractivity contribution in [1.29, 1.82) is 0 Å². The van der Waals surface area contributed by atoms with Crippen molar-refractivity contribution in [3.05, 3.63) is 178 Å². The molecule has 1 N–H and O–H groups in total. The number of rotatable bonds is 12. The van der Waals surface area contributed by atoms with Gasteiger partial charge in [-0.15, -0.1) is 0 Å². The Bertz CT molecular complexity index is 1640. The van der Waals surface area contributed by atoms with Gasteiger partial charge in [0.2, 0.25) is 0 Å². The predicted molar refractivity (Wildman–Crippen MR) is 165 cm³/mol. The lowest BCUT2D eigenvalue weighted by Gasteiger charge is -2.34. The summed E-state index contributed by atoms with van der Waals surface area (Å²) in [5, 5.41) is 15.4. The van der Waals surface area contributed by atoms with Gasteiger partial charge in [0, 0.05) is 29.5 Å². The van der Waals surface area contributed by atoms with Crippen LogP contribution in [0, 0.1) is 16.0 Å². The van der Waals surface area contributed by atoms with Gasteiger partial charge in [0.25, 0.3) is 5.69 Å². The van der Waals surface area contributed by atoms with Crippen molar-refractivity contribution in [3.63, 3.8) is 0 Å². The Labute approximate surface area is 244 Å². The van der Waals surface area contributed by atoms with Crippen LogP contribution in [-0.2, 0) is 0 Å². The monoisotopic (exact) mass is 554 g/mol. The summed E-state index contributed by atoms with van der Waals surface area (Å²) in [6, 6.07) is 42.7. The molecule has 6 heteroatoms. The summed E-state index contributed by atoms with van der Waals surface area (Å²) in [4.78, 5) is 39.9. The van der Waals surface area contributed by atoms with E-state index in [9.17, 15) is 19.7 Å². The molecule has 0 amide bonds. The Balaban J connectivity index is 1.70. The average Bonchev–Trinajstić information content (AvgIpc) is 3.05. The molecule has 42 heavy (non-hydrogen) atoms. The van der Waals surface area contributed by atoms with E-state index in [1.165, 1.54) is 6.07 Å². The largest absolute Gasteiger partial charge is 0.372 e. The Kier molecular flexibility index (Phi) is 8.94. The number of para-hydroxylation sites is 2. The number of anilines is 1. The molecular formula is C36H30N2O4. The second-order valence-corrected chi connectivity index (χ2v) is 10.1. The third kappa shape index (κ3) is 6.50. The van der Waals surface area contributed by atoms with Crippen LogP contribution in [0.2, 0.25) is 0 Å². The second kappa shape index (κ2) is 13.3. The highest BCUT2D eigenvalue weighted by Gasteiger charge is 2.39. The van der Waals surface area contributed by atoms with Crippen LogP contribution in [0.4, 0.5) is 11.4 Å². The summed E-state index contributed by atoms with van der Waals surface area (Å²) in [5.74, 6) is -1.60. The van der Waals surface area contributed by atoms with E-state index in [-0.39, 0.29) is 23.7 Å². The number of Topliss-reactive ketones (excluding diaryl/α,β-unsaturated/α-hetero) is 2. The molecule has 0 fully saturated rings. The quantitative estimate of drug-likeness (QED) is 0.0952. The van der Waals surface area contributed by atoms with E-state index in [1.807, 2.05) is 97.1 Å². The molecule has 0 saturated heterocycles. The molecule has 0 saturated carbocycles. The van der Waals surface area contributed by atoms with Crippen LogP contribution in [-0.4, -0.2) is 16.5 Å². The first-order valence-corrected chi connectivity index (χ1v) is 13.8. The molecule has 0 aliphatic heterocycles. The fraction of sp³-hybridized carbons (Fsp3) is 0.111. The van der Waals surface area contributed by atoms with E-state index in [0.717, 1.165) is 11.1 Å². The molecule has 0 unspecified atom stereocenters. The normalized spacial score (nSPS) is 13.0. The van der Waals surface area contributed by atoms with Crippen LogP contribution >= 0.6 is 0 Å². The minimum atomic E-state index is -0.801. The van der Waals surface area contributed by atoms with Crippen molar-refractivity contribution in [1.82, 2.24) is 0 Å². The van der Waals surface area contributed by atoms with Crippen LogP contribution in [0.3, 0.4) is 0 Å². The highest BCUT2D eigenvalue weighted by Crippen LogP contribution is 2.42. The molecule has 0 heterocycles. The number of nitro groups is 1. The lowest BCUT2D eigenvalue weighted by Crippen LogP contribution is -2.34. The minimum absolute atomic E-state index is 0.0686. The number of carbonyl (C=O) groups is 2. The van der Waals surface area contributed by atoms with E-state index in [2.05, 4.69) is 5.32 Å². The highest BCUT2D eigenvalue weighted by atomic mass is 16.6. The van der Waals surface area contributed by atoms with Gasteiger partial charge in [-0.05, 0) is 17.2 Å². The Morgan fingerprint density at radius 3 is 1.67 bits per heavy atom. The molecule has 0 aromatic heterocycles. The molecule has 0 spiro atoms. The lowest BCUT2D eigenvalue weighted by atomic mass is 9.72. The summed E-state index contributed by atoms with van der Waals surface area (Å²) in [6.45, 7) is 0. The molecule has 0 radical (unpaired) electrons. The minimum Gasteiger partial charge on any atom is -0.372 e. The number of hydrogen-bond donors (Lipinski definition) is 1. The van der Waals surface area contributed by atoms with Crippen LogP contribution in [0.1, 0.15) is 50.2 Å². The van der Waals surface area contributed by atoms with Crippen LogP contribution in [0.5, 0.6) is 0 Å². The maximum Gasteiger partial charge on any atom is 0.292 e. The highest BCUT2D eigenvalue weighted by molar-refractivity contribution is 6.01. The van der Waals surface area contributed by atoms with Gasteiger partial charge >= 0.3 is 0 Å². The molecular weight excluding hydrogens is 524 g/mol. The lowest BCUT2D eigenvalue weighted by molar-refractivity contribution is -0.384. The number of hydrogen-bond acceptors (Lipinski definition) is 5. The Morgan fingerprint density at radius 2 is 1.10 bits per heavy atom. The number of benzene rings is 5. The summed E-state index contributed by atoms with van der Waals surface area (Å²) < 4.78 is 0. The molecule has 5 aromatic rings. The maximum atomic E-state index is 14.6. The molecule has 208 valence electrons. The Morgan fingerprint density at radius 1 is 0.619 bits per heavy atom. The van der Waals surface area contributed by atoms with Gasteiger partial charge < -0.3 is 5.32 Å². The van der Waals surface area contributed by atoms with E-state index >= 15 is 0 Å². The summed E-state index contributed by atoms with van der Waals surface area (Å²) in [7, 11) is 0. The van der Waals surface area contributed by atoms with E-state index < -0.39 is 22.8 Å². The zero-order valence-corrected chi connectivity index (χ0v) is 22.9. The van der Waals surface area contributed by atoms with Gasteiger partial charge in [-0.3, -0.25) is 19.7 Å². The van der Waals surface area contributed by atoms with Gasteiger partial charge in [-0.1, -0.05) is 133 Å². The molecule has 0 aliphatic carbocycles. The van der Waals surface area contributed by atoms with Crippen LogP contribution < -0.4 is 5.32 Å². The van der Waals surface area contributed by atoms with Crippen molar-refractivity contribution >= 4 is 22.9 Å². The van der Waals surface area contributed by atoms with Crippen molar-refractivity contribution in [2.75, 3.05) is 5.32 Å². The maximum absolute atomic E-state index is 14.6. The number of carbonyl (C=O) groups excluding carboxylic acids is 2. The number of nitrogens with zero attached hydrogens (tertiary/aromatic N) is 1. The van der Waals surface area contributed by atoms with Gasteiger partial charge in [0.15, 0.2) is 11.6 Å². The van der Waals surface area contributed by atoms with Crippen molar-refractivity contribution in [2.24, 2.45) is 5.92 Å². The summed E-state index contributed by atoms with van der Waals surface area (Å²) in [5.41, 5.74) is 2.87. The third-order valence-electron chi connectivity index (χ3n) is 7.45. The zero-order chi connectivity index (χ0) is 29.3. The topological polar surface area (TPSA) is 89.3 Å². The average molecular weight is 555 g/mol. The fourth-order valence-electron chi connectivity index (χ4n) is 5.42. The first-order valence-electron chi connectivity index (χ1n) is 13.8. The number of nitro benzene ring substituents is 1. The SMILES string of the molecule is O=C(C[C@@H](c1ccccc1)[C@@H](C(=O)c1ccccc1)[C@H](Nc1ccccc1[N+](=O)[O-])c1ccccc1)c1ccccc1. The molecule has 0 aliphatic rings. The van der Waals surface area contributed by atoms with Crippen molar-refractivity contribution in [3.8, 4) is 0 Å². The second-order valence-electron chi connectivity index (χ2n) is 10.1.